The number of carbonyl (C=O) groups excluding carboxylic acids is 1. The van der Waals surface area contributed by atoms with Crippen LogP contribution in [0.5, 0.6) is 0 Å². The Bertz CT molecular complexity index is 747. The van der Waals surface area contributed by atoms with Crippen LogP contribution in [0.25, 0.3) is 0 Å². The minimum Gasteiger partial charge on any atom is -0.377 e. The second kappa shape index (κ2) is 9.34. The van der Waals surface area contributed by atoms with Crippen molar-refractivity contribution in [2.75, 3.05) is 31.6 Å². The van der Waals surface area contributed by atoms with E-state index in [1.54, 1.807) is 6.20 Å². The lowest BCUT2D eigenvalue weighted by molar-refractivity contribution is -0.116. The average Bonchev–Trinajstić information content (AvgIpc) is 3.40. The Labute approximate surface area is 166 Å². The van der Waals surface area contributed by atoms with Crippen LogP contribution in [0.2, 0.25) is 0 Å². The molecule has 2 aliphatic heterocycles. The number of anilines is 1. The Morgan fingerprint density at radius 3 is 2.71 bits per heavy atom. The van der Waals surface area contributed by atoms with Gasteiger partial charge in [0.25, 0.3) is 0 Å². The zero-order valence-electron chi connectivity index (χ0n) is 16.4. The number of nitrogens with one attached hydrogen (secondary N) is 1. The molecule has 6 heteroatoms. The molecule has 28 heavy (non-hydrogen) atoms. The van der Waals surface area contributed by atoms with Gasteiger partial charge in [-0.15, -0.1) is 0 Å². The third-order valence-corrected chi connectivity index (χ3v) is 5.81. The number of nitrogens with zero attached hydrogens (tertiary/aromatic N) is 3. The lowest BCUT2D eigenvalue weighted by Crippen LogP contribution is -2.39. The number of aryl methyl sites for hydroxylation is 1. The van der Waals surface area contributed by atoms with Crippen LogP contribution in [-0.2, 0) is 16.0 Å². The summed E-state index contributed by atoms with van der Waals surface area (Å²) in [6, 6.07) is 12.4. The maximum absolute atomic E-state index is 12.4. The first-order valence-corrected chi connectivity index (χ1v) is 10.5. The Morgan fingerprint density at radius 1 is 1.14 bits per heavy atom. The molecule has 3 heterocycles. The number of likely N-dealkylation sites (tertiary alicyclic amines) is 1. The lowest BCUT2D eigenvalue weighted by atomic mass is 10.0. The molecule has 4 rings (SSSR count). The van der Waals surface area contributed by atoms with Gasteiger partial charge < -0.3 is 15.0 Å². The quantitative estimate of drug-likeness (QED) is 0.798. The highest BCUT2D eigenvalue weighted by molar-refractivity contribution is 5.89. The van der Waals surface area contributed by atoms with E-state index < -0.39 is 0 Å². The second-order valence-electron chi connectivity index (χ2n) is 7.86. The number of hydrogen-bond donors (Lipinski definition) is 1. The fourth-order valence-corrected chi connectivity index (χ4v) is 4.23. The lowest BCUT2D eigenvalue weighted by Gasteiger charge is -2.33. The Kier molecular flexibility index (Phi) is 6.39. The zero-order valence-corrected chi connectivity index (χ0v) is 16.4. The predicted octanol–water partition coefficient (Wildman–Crippen LogP) is 3.27. The van der Waals surface area contributed by atoms with Gasteiger partial charge in [0.1, 0.15) is 5.82 Å². The first-order chi connectivity index (χ1) is 13.8. The molecular formula is C22H30N4O2. The maximum atomic E-state index is 12.4. The molecule has 1 N–H and O–H groups in total. The van der Waals surface area contributed by atoms with E-state index in [0.717, 1.165) is 51.3 Å². The van der Waals surface area contributed by atoms with Crippen LogP contribution in [0.3, 0.4) is 0 Å². The second-order valence-corrected chi connectivity index (χ2v) is 7.86. The van der Waals surface area contributed by atoms with E-state index in [2.05, 4.69) is 27.4 Å². The van der Waals surface area contributed by atoms with Crippen LogP contribution < -0.4 is 5.32 Å². The Morgan fingerprint density at radius 2 is 1.96 bits per heavy atom. The fourth-order valence-electron chi connectivity index (χ4n) is 4.23. The summed E-state index contributed by atoms with van der Waals surface area (Å²) in [4.78, 5) is 14.9. The van der Waals surface area contributed by atoms with Crippen LogP contribution in [0.15, 0.2) is 42.6 Å². The number of benzene rings is 1. The van der Waals surface area contributed by atoms with Crippen LogP contribution >= 0.6 is 0 Å². The van der Waals surface area contributed by atoms with Crippen LogP contribution in [0.4, 0.5) is 5.82 Å². The molecule has 1 aromatic heterocycles. The normalized spacial score (nSPS) is 21.1. The smallest absolute Gasteiger partial charge is 0.225 e. The van der Waals surface area contributed by atoms with Crippen molar-refractivity contribution in [3.05, 3.63) is 48.2 Å². The molecule has 0 spiro atoms. The van der Waals surface area contributed by atoms with E-state index in [4.69, 9.17) is 4.74 Å². The standard InChI is InChI=1S/C22H30N4O2/c27-22(9-8-18-5-2-1-3-6-18)24-21-10-13-23-26(21)19-11-14-25(15-12-19)17-20-7-4-16-28-20/h1-3,5-6,10,13,19-20H,4,7-9,11-12,14-17H2,(H,24,27). The van der Waals surface area contributed by atoms with Gasteiger partial charge in [0.2, 0.25) is 5.91 Å². The largest absolute Gasteiger partial charge is 0.377 e. The van der Waals surface area contributed by atoms with Crippen molar-refractivity contribution in [2.45, 2.75) is 50.7 Å². The monoisotopic (exact) mass is 382 g/mol. The molecule has 2 aliphatic rings. The van der Waals surface area contributed by atoms with Crippen molar-refractivity contribution in [1.29, 1.82) is 0 Å². The van der Waals surface area contributed by atoms with Gasteiger partial charge in [0.05, 0.1) is 18.3 Å². The first-order valence-electron chi connectivity index (χ1n) is 10.5. The maximum Gasteiger partial charge on any atom is 0.225 e. The van der Waals surface area contributed by atoms with E-state index in [0.29, 0.717) is 18.6 Å². The van der Waals surface area contributed by atoms with Crippen LogP contribution in [0.1, 0.15) is 43.7 Å². The van der Waals surface area contributed by atoms with Crippen molar-refractivity contribution in [3.8, 4) is 0 Å². The minimum atomic E-state index is 0.0430. The molecule has 2 fully saturated rings. The topological polar surface area (TPSA) is 59.4 Å². The third kappa shape index (κ3) is 5.00. The number of aromatic nitrogens is 2. The molecule has 0 aliphatic carbocycles. The molecule has 6 nitrogen and oxygen atoms in total. The zero-order chi connectivity index (χ0) is 19.2. The third-order valence-electron chi connectivity index (χ3n) is 5.81. The highest BCUT2D eigenvalue weighted by Gasteiger charge is 2.26. The minimum absolute atomic E-state index is 0.0430. The van der Waals surface area contributed by atoms with E-state index in [-0.39, 0.29) is 5.91 Å². The molecule has 1 amide bonds. The van der Waals surface area contributed by atoms with Crippen molar-refractivity contribution < 1.29 is 9.53 Å². The van der Waals surface area contributed by atoms with Gasteiger partial charge in [0.15, 0.2) is 0 Å². The Balaban J connectivity index is 1.26. The molecule has 0 radical (unpaired) electrons. The molecule has 1 atom stereocenters. The fraction of sp³-hybridized carbons (Fsp3) is 0.545. The summed E-state index contributed by atoms with van der Waals surface area (Å²) in [7, 11) is 0. The number of piperidine rings is 1. The molecular weight excluding hydrogens is 352 g/mol. The molecule has 1 aromatic carbocycles. The summed E-state index contributed by atoms with van der Waals surface area (Å²) in [6.07, 6.45) is 7.94. The molecule has 150 valence electrons. The van der Waals surface area contributed by atoms with Crippen molar-refractivity contribution >= 4 is 11.7 Å². The van der Waals surface area contributed by atoms with Gasteiger partial charge in [-0.05, 0) is 37.7 Å². The summed E-state index contributed by atoms with van der Waals surface area (Å²) in [6.45, 7) is 4.09. The average molecular weight is 383 g/mol. The van der Waals surface area contributed by atoms with Crippen LogP contribution in [-0.4, -0.2) is 52.9 Å². The number of carbonyl (C=O) groups is 1. The summed E-state index contributed by atoms with van der Waals surface area (Å²) < 4.78 is 7.77. The van der Waals surface area contributed by atoms with Crippen LogP contribution in [0, 0.1) is 0 Å². The van der Waals surface area contributed by atoms with E-state index in [1.807, 2.05) is 28.9 Å². The molecule has 0 bridgehead atoms. The molecule has 2 saturated heterocycles. The van der Waals surface area contributed by atoms with Gasteiger partial charge in [-0.3, -0.25) is 4.79 Å². The predicted molar refractivity (Wildman–Crippen MR) is 109 cm³/mol. The number of ether oxygens (including phenoxy) is 1. The summed E-state index contributed by atoms with van der Waals surface area (Å²) in [5.74, 6) is 0.858. The van der Waals surface area contributed by atoms with E-state index >= 15 is 0 Å². The summed E-state index contributed by atoms with van der Waals surface area (Å²) in [5.41, 5.74) is 1.18. The van der Waals surface area contributed by atoms with Crippen molar-refractivity contribution in [3.63, 3.8) is 0 Å². The summed E-state index contributed by atoms with van der Waals surface area (Å²) in [5, 5.41) is 7.55. The van der Waals surface area contributed by atoms with Gasteiger partial charge >= 0.3 is 0 Å². The highest BCUT2D eigenvalue weighted by Crippen LogP contribution is 2.26. The number of hydrogen-bond acceptors (Lipinski definition) is 4. The highest BCUT2D eigenvalue weighted by atomic mass is 16.5. The SMILES string of the molecule is O=C(CCc1ccccc1)Nc1ccnn1C1CCN(CC2CCCO2)CC1. The van der Waals surface area contributed by atoms with E-state index in [9.17, 15) is 4.79 Å². The number of rotatable bonds is 7. The first kappa shape index (κ1) is 19.2. The van der Waals surface area contributed by atoms with Gasteiger partial charge in [0, 0.05) is 38.7 Å². The van der Waals surface area contributed by atoms with E-state index in [1.165, 1.54) is 18.4 Å². The molecule has 0 saturated carbocycles. The van der Waals surface area contributed by atoms with Crippen molar-refractivity contribution in [2.24, 2.45) is 0 Å². The Hall–Kier alpha value is -2.18. The molecule has 2 aromatic rings. The van der Waals surface area contributed by atoms with Gasteiger partial charge in [-0.1, -0.05) is 30.3 Å². The molecule has 1 unspecified atom stereocenters. The number of amides is 1. The van der Waals surface area contributed by atoms with Crippen molar-refractivity contribution in [1.82, 2.24) is 14.7 Å². The van der Waals surface area contributed by atoms with Gasteiger partial charge in [-0.2, -0.15) is 5.10 Å². The summed E-state index contributed by atoms with van der Waals surface area (Å²) >= 11 is 0. The van der Waals surface area contributed by atoms with Gasteiger partial charge in [-0.25, -0.2) is 4.68 Å².